The molecule has 3 nitrogen and oxygen atoms in total. The van der Waals surface area contributed by atoms with Crippen molar-refractivity contribution in [1.29, 1.82) is 0 Å². The maximum Gasteiger partial charge on any atom is 0.330 e. The van der Waals surface area contributed by atoms with E-state index in [1.165, 1.54) is 12.7 Å². The van der Waals surface area contributed by atoms with Gasteiger partial charge >= 0.3 is 5.97 Å². The fourth-order valence-electron chi connectivity index (χ4n) is 2.22. The van der Waals surface area contributed by atoms with Crippen LogP contribution < -0.4 is 5.32 Å². The molecule has 0 heterocycles. The standard InChI is InChI=1S/C15H23NO2/c1-6-15(14(17)18-5,16-11(2)3)13-9-7-12(4)8-10-13/h7-11,16H,6H2,1-5H3. The molecule has 1 atom stereocenters. The molecule has 1 aromatic carbocycles. The molecule has 1 unspecified atom stereocenters. The van der Waals surface area contributed by atoms with Crippen LogP contribution in [0.25, 0.3) is 0 Å². The van der Waals surface area contributed by atoms with Crippen LogP contribution in [0, 0.1) is 6.92 Å². The third kappa shape index (κ3) is 2.91. The van der Waals surface area contributed by atoms with Crippen molar-refractivity contribution in [3.05, 3.63) is 35.4 Å². The van der Waals surface area contributed by atoms with Gasteiger partial charge in [0.1, 0.15) is 5.54 Å². The molecule has 0 aliphatic carbocycles. The Hall–Kier alpha value is -1.35. The van der Waals surface area contributed by atoms with E-state index < -0.39 is 5.54 Å². The summed E-state index contributed by atoms with van der Waals surface area (Å²) in [5, 5.41) is 3.35. The minimum Gasteiger partial charge on any atom is -0.467 e. The van der Waals surface area contributed by atoms with Crippen molar-refractivity contribution in [2.24, 2.45) is 0 Å². The maximum absolute atomic E-state index is 12.2. The quantitative estimate of drug-likeness (QED) is 0.815. The van der Waals surface area contributed by atoms with Crippen LogP contribution in [0.3, 0.4) is 0 Å². The monoisotopic (exact) mass is 249 g/mol. The predicted molar refractivity (Wildman–Crippen MR) is 73.4 cm³/mol. The Morgan fingerprint density at radius 3 is 2.28 bits per heavy atom. The lowest BCUT2D eigenvalue weighted by Crippen LogP contribution is -2.52. The lowest BCUT2D eigenvalue weighted by Gasteiger charge is -2.33. The van der Waals surface area contributed by atoms with Crippen LogP contribution >= 0.6 is 0 Å². The van der Waals surface area contributed by atoms with Gasteiger partial charge in [0.2, 0.25) is 0 Å². The molecule has 3 heteroatoms. The second kappa shape index (κ2) is 6.01. The van der Waals surface area contributed by atoms with Gasteiger partial charge in [0, 0.05) is 6.04 Å². The maximum atomic E-state index is 12.2. The van der Waals surface area contributed by atoms with Gasteiger partial charge in [0.05, 0.1) is 7.11 Å². The van der Waals surface area contributed by atoms with Gasteiger partial charge in [-0.2, -0.15) is 0 Å². The number of carbonyl (C=O) groups is 1. The molecule has 0 bridgehead atoms. The van der Waals surface area contributed by atoms with Gasteiger partial charge in [-0.05, 0) is 32.8 Å². The molecule has 0 radical (unpaired) electrons. The zero-order chi connectivity index (χ0) is 13.8. The van der Waals surface area contributed by atoms with Crippen molar-refractivity contribution in [1.82, 2.24) is 5.32 Å². The van der Waals surface area contributed by atoms with Crippen LogP contribution in [0.15, 0.2) is 24.3 Å². The van der Waals surface area contributed by atoms with Crippen LogP contribution in [0.5, 0.6) is 0 Å². The first-order chi connectivity index (χ1) is 8.46. The van der Waals surface area contributed by atoms with Gasteiger partial charge in [0.25, 0.3) is 0 Å². The minimum atomic E-state index is -0.753. The van der Waals surface area contributed by atoms with Crippen LogP contribution in [-0.2, 0) is 15.1 Å². The number of rotatable bonds is 5. The molecular weight excluding hydrogens is 226 g/mol. The summed E-state index contributed by atoms with van der Waals surface area (Å²) < 4.78 is 4.99. The average molecular weight is 249 g/mol. The van der Waals surface area contributed by atoms with E-state index in [-0.39, 0.29) is 12.0 Å². The van der Waals surface area contributed by atoms with Gasteiger partial charge in [-0.3, -0.25) is 5.32 Å². The van der Waals surface area contributed by atoms with Crippen molar-refractivity contribution < 1.29 is 9.53 Å². The molecule has 100 valence electrons. The van der Waals surface area contributed by atoms with E-state index in [0.717, 1.165) is 5.56 Å². The lowest BCUT2D eigenvalue weighted by atomic mass is 9.86. The molecule has 18 heavy (non-hydrogen) atoms. The second-order valence-corrected chi connectivity index (χ2v) is 4.92. The Balaban J connectivity index is 3.24. The van der Waals surface area contributed by atoms with Crippen LogP contribution in [0.4, 0.5) is 0 Å². The molecule has 1 N–H and O–H groups in total. The Bertz CT molecular complexity index is 397. The highest BCUT2D eigenvalue weighted by Gasteiger charge is 2.39. The summed E-state index contributed by atoms with van der Waals surface area (Å²) in [6, 6.07) is 8.22. The number of nitrogens with one attached hydrogen (secondary N) is 1. The summed E-state index contributed by atoms with van der Waals surface area (Å²) in [6.45, 7) is 8.08. The van der Waals surface area contributed by atoms with E-state index in [1.807, 2.05) is 52.0 Å². The zero-order valence-electron chi connectivity index (χ0n) is 11.9. The summed E-state index contributed by atoms with van der Waals surface area (Å²) in [5.41, 5.74) is 1.38. The normalized spacial score (nSPS) is 14.3. The molecule has 0 saturated heterocycles. The molecule has 0 aromatic heterocycles. The first-order valence-corrected chi connectivity index (χ1v) is 6.39. The summed E-state index contributed by atoms with van der Waals surface area (Å²) in [7, 11) is 1.43. The Labute approximate surface area is 110 Å². The number of carbonyl (C=O) groups excluding carboxylic acids is 1. The third-order valence-corrected chi connectivity index (χ3v) is 3.14. The molecule has 0 spiro atoms. The zero-order valence-corrected chi connectivity index (χ0v) is 11.9. The first kappa shape index (κ1) is 14.7. The van der Waals surface area contributed by atoms with E-state index in [0.29, 0.717) is 6.42 Å². The van der Waals surface area contributed by atoms with E-state index in [1.54, 1.807) is 0 Å². The number of hydrogen-bond donors (Lipinski definition) is 1. The molecule has 0 aliphatic heterocycles. The SMILES string of the molecule is CCC(NC(C)C)(C(=O)OC)c1ccc(C)cc1. The van der Waals surface area contributed by atoms with Crippen molar-refractivity contribution in [2.45, 2.75) is 45.7 Å². The number of benzene rings is 1. The van der Waals surface area contributed by atoms with Gasteiger partial charge in [-0.1, -0.05) is 36.8 Å². The molecule has 0 fully saturated rings. The average Bonchev–Trinajstić information content (AvgIpc) is 2.35. The largest absolute Gasteiger partial charge is 0.467 e. The molecular formula is C15H23NO2. The van der Waals surface area contributed by atoms with Crippen LogP contribution in [0.1, 0.15) is 38.3 Å². The van der Waals surface area contributed by atoms with E-state index in [2.05, 4.69) is 5.32 Å². The van der Waals surface area contributed by atoms with Crippen LogP contribution in [0.2, 0.25) is 0 Å². The third-order valence-electron chi connectivity index (χ3n) is 3.14. The Morgan fingerprint density at radius 1 is 1.33 bits per heavy atom. The van der Waals surface area contributed by atoms with Gasteiger partial charge in [-0.25, -0.2) is 4.79 Å². The molecule has 0 amide bonds. The Kier molecular flexibility index (Phi) is 4.91. The lowest BCUT2D eigenvalue weighted by molar-refractivity contribution is -0.149. The minimum absolute atomic E-state index is 0.199. The van der Waals surface area contributed by atoms with E-state index >= 15 is 0 Å². The van der Waals surface area contributed by atoms with Crippen molar-refractivity contribution in [3.63, 3.8) is 0 Å². The number of ether oxygens (including phenoxy) is 1. The number of methoxy groups -OCH3 is 1. The van der Waals surface area contributed by atoms with Crippen molar-refractivity contribution in [2.75, 3.05) is 7.11 Å². The topological polar surface area (TPSA) is 38.3 Å². The van der Waals surface area contributed by atoms with E-state index in [9.17, 15) is 4.79 Å². The highest BCUT2D eigenvalue weighted by Crippen LogP contribution is 2.27. The summed E-state index contributed by atoms with van der Waals surface area (Å²) >= 11 is 0. The summed E-state index contributed by atoms with van der Waals surface area (Å²) in [5.74, 6) is -0.234. The first-order valence-electron chi connectivity index (χ1n) is 6.39. The Morgan fingerprint density at radius 2 is 1.89 bits per heavy atom. The van der Waals surface area contributed by atoms with Crippen molar-refractivity contribution >= 4 is 5.97 Å². The molecule has 1 aromatic rings. The smallest absolute Gasteiger partial charge is 0.330 e. The number of esters is 1. The highest BCUT2D eigenvalue weighted by atomic mass is 16.5. The predicted octanol–water partition coefficient (Wildman–Crippen LogP) is 2.77. The van der Waals surface area contributed by atoms with Crippen molar-refractivity contribution in [3.8, 4) is 0 Å². The number of hydrogen-bond acceptors (Lipinski definition) is 3. The van der Waals surface area contributed by atoms with Gasteiger partial charge in [-0.15, -0.1) is 0 Å². The van der Waals surface area contributed by atoms with E-state index in [4.69, 9.17) is 4.74 Å². The molecule has 0 aliphatic rings. The molecule has 1 rings (SSSR count). The molecule has 0 saturated carbocycles. The highest BCUT2D eigenvalue weighted by molar-refractivity contribution is 5.82. The number of aryl methyl sites for hydroxylation is 1. The van der Waals surface area contributed by atoms with Gasteiger partial charge in [0.15, 0.2) is 0 Å². The second-order valence-electron chi connectivity index (χ2n) is 4.92. The van der Waals surface area contributed by atoms with Gasteiger partial charge < -0.3 is 4.74 Å². The summed E-state index contributed by atoms with van der Waals surface area (Å²) in [4.78, 5) is 12.2. The fraction of sp³-hybridized carbons (Fsp3) is 0.533. The van der Waals surface area contributed by atoms with Crippen LogP contribution in [-0.4, -0.2) is 19.1 Å². The summed E-state index contributed by atoms with van der Waals surface area (Å²) in [6.07, 6.45) is 0.654. The fourth-order valence-corrected chi connectivity index (χ4v) is 2.22.